The number of nitrogens with zero attached hydrogens (tertiary/aromatic N) is 1. The van der Waals surface area contributed by atoms with Gasteiger partial charge >= 0.3 is 0 Å². The molecule has 1 fully saturated rings. The van der Waals surface area contributed by atoms with E-state index in [-0.39, 0.29) is 0 Å². The fraction of sp³-hybridized carbons (Fsp3) is 0.500. The molecule has 1 radical (unpaired) electrons. The average Bonchev–Trinajstić information content (AvgIpc) is 2.30. The Labute approximate surface area is 95.5 Å². The summed E-state index contributed by atoms with van der Waals surface area (Å²) in [6.45, 7) is 2.32. The Morgan fingerprint density at radius 3 is 2.67 bits per heavy atom. The fourth-order valence-electron chi connectivity index (χ4n) is 1.95. The van der Waals surface area contributed by atoms with E-state index in [1.54, 1.807) is 6.07 Å². The number of benzene rings is 1. The highest BCUT2D eigenvalue weighted by atomic mass is 35.5. The number of hydrogen-bond donors (Lipinski definition) is 1. The van der Waals surface area contributed by atoms with Crippen LogP contribution in [0.4, 0.5) is 5.69 Å². The highest BCUT2D eigenvalue weighted by Gasteiger charge is 2.18. The first-order valence-corrected chi connectivity index (χ1v) is 5.70. The Balaban J connectivity index is 1.98. The lowest BCUT2D eigenvalue weighted by Gasteiger charge is -2.32. The molecule has 1 aromatic carbocycles. The monoisotopic (exact) mass is 224 g/mol. The van der Waals surface area contributed by atoms with E-state index in [1.807, 2.05) is 12.1 Å². The normalized spacial score (nSPS) is 18.1. The van der Waals surface area contributed by atoms with Gasteiger partial charge in [-0.05, 0) is 37.0 Å². The molecule has 81 valence electrons. The van der Waals surface area contributed by atoms with Crippen LogP contribution in [0.1, 0.15) is 12.8 Å². The predicted octanol–water partition coefficient (Wildman–Crippen LogP) is 2.35. The van der Waals surface area contributed by atoms with Gasteiger partial charge in [-0.1, -0.05) is 11.6 Å². The highest BCUT2D eigenvalue weighted by molar-refractivity contribution is 6.30. The van der Waals surface area contributed by atoms with Crippen LogP contribution in [0.25, 0.3) is 0 Å². The van der Waals surface area contributed by atoms with Crippen molar-refractivity contribution in [2.24, 2.45) is 5.92 Å². The summed E-state index contributed by atoms with van der Waals surface area (Å²) in [5, 5.41) is 9.77. The van der Waals surface area contributed by atoms with E-state index in [1.165, 1.54) is 0 Å². The minimum atomic E-state index is 0.318. The molecule has 0 atom stereocenters. The molecule has 1 saturated heterocycles. The third kappa shape index (κ3) is 2.64. The molecule has 0 spiro atoms. The molecule has 1 heterocycles. The lowest BCUT2D eigenvalue weighted by atomic mass is 9.97. The van der Waals surface area contributed by atoms with Crippen molar-refractivity contribution in [1.29, 1.82) is 0 Å². The van der Waals surface area contributed by atoms with E-state index in [9.17, 15) is 0 Å². The second-order valence-electron chi connectivity index (χ2n) is 4.01. The van der Waals surface area contributed by atoms with Crippen molar-refractivity contribution in [2.75, 3.05) is 24.6 Å². The summed E-state index contributed by atoms with van der Waals surface area (Å²) in [4.78, 5) is 2.29. The van der Waals surface area contributed by atoms with Crippen LogP contribution >= 0.6 is 11.6 Å². The second-order valence-corrected chi connectivity index (χ2v) is 4.44. The Kier molecular flexibility index (Phi) is 3.49. The Hall–Kier alpha value is -0.730. The van der Waals surface area contributed by atoms with Gasteiger partial charge in [0.25, 0.3) is 0 Å². The van der Waals surface area contributed by atoms with Crippen molar-refractivity contribution >= 4 is 17.3 Å². The van der Waals surface area contributed by atoms with Gasteiger partial charge in [0.1, 0.15) is 0 Å². The molecule has 3 heteroatoms. The Morgan fingerprint density at radius 1 is 1.40 bits per heavy atom. The zero-order valence-electron chi connectivity index (χ0n) is 8.62. The molecule has 2 rings (SSSR count). The van der Waals surface area contributed by atoms with Crippen LogP contribution < -0.4 is 4.90 Å². The van der Waals surface area contributed by atoms with Gasteiger partial charge in [0.15, 0.2) is 0 Å². The minimum absolute atomic E-state index is 0.318. The summed E-state index contributed by atoms with van der Waals surface area (Å²) in [6.07, 6.45) is 2.12. The molecule has 1 aliphatic rings. The number of piperidine rings is 1. The van der Waals surface area contributed by atoms with Gasteiger partial charge in [-0.25, -0.2) is 0 Å². The van der Waals surface area contributed by atoms with E-state index in [4.69, 9.17) is 16.7 Å². The van der Waals surface area contributed by atoms with Crippen LogP contribution in [0.15, 0.2) is 18.2 Å². The molecule has 1 aromatic rings. The van der Waals surface area contributed by atoms with Crippen molar-refractivity contribution in [3.63, 3.8) is 0 Å². The van der Waals surface area contributed by atoms with Gasteiger partial charge in [-0.3, -0.25) is 0 Å². The van der Waals surface area contributed by atoms with Gasteiger partial charge in [-0.2, -0.15) is 0 Å². The summed E-state index contributed by atoms with van der Waals surface area (Å²) in [7, 11) is 0. The average molecular weight is 225 g/mol. The lowest BCUT2D eigenvalue weighted by Crippen LogP contribution is -2.34. The number of hydrogen-bond acceptors (Lipinski definition) is 2. The van der Waals surface area contributed by atoms with Crippen molar-refractivity contribution < 1.29 is 5.11 Å². The first-order valence-electron chi connectivity index (χ1n) is 5.32. The largest absolute Gasteiger partial charge is 0.396 e. The van der Waals surface area contributed by atoms with Crippen LogP contribution in [0.3, 0.4) is 0 Å². The number of anilines is 1. The third-order valence-corrected chi connectivity index (χ3v) is 3.21. The van der Waals surface area contributed by atoms with E-state index < -0.39 is 0 Å². The van der Waals surface area contributed by atoms with Crippen LogP contribution in [0, 0.1) is 12.0 Å². The van der Waals surface area contributed by atoms with E-state index in [2.05, 4.69) is 11.0 Å². The molecule has 0 amide bonds. The van der Waals surface area contributed by atoms with Crippen molar-refractivity contribution in [1.82, 2.24) is 0 Å². The maximum Gasteiger partial charge on any atom is 0.0460 e. The summed E-state index contributed by atoms with van der Waals surface area (Å²) < 4.78 is 0. The van der Waals surface area contributed by atoms with Crippen molar-refractivity contribution in [3.8, 4) is 0 Å². The van der Waals surface area contributed by atoms with Crippen molar-refractivity contribution in [2.45, 2.75) is 12.8 Å². The minimum Gasteiger partial charge on any atom is -0.396 e. The zero-order chi connectivity index (χ0) is 10.7. The van der Waals surface area contributed by atoms with Gasteiger partial charge in [0, 0.05) is 36.5 Å². The molecule has 0 aromatic heterocycles. The smallest absolute Gasteiger partial charge is 0.0460 e. The van der Waals surface area contributed by atoms with Gasteiger partial charge in [0.2, 0.25) is 0 Å². The maximum atomic E-state index is 9.04. The van der Waals surface area contributed by atoms with E-state index in [0.717, 1.165) is 36.6 Å². The van der Waals surface area contributed by atoms with Crippen LogP contribution in [0.2, 0.25) is 5.02 Å². The zero-order valence-corrected chi connectivity index (χ0v) is 9.37. The molecule has 0 aliphatic carbocycles. The summed E-state index contributed by atoms with van der Waals surface area (Å²) in [6, 6.07) is 8.87. The molecule has 15 heavy (non-hydrogen) atoms. The Morgan fingerprint density at radius 2 is 2.13 bits per heavy atom. The summed E-state index contributed by atoms with van der Waals surface area (Å²) in [5.41, 5.74) is 1.11. The molecular formula is C12H15ClNO. The van der Waals surface area contributed by atoms with E-state index >= 15 is 0 Å². The topological polar surface area (TPSA) is 23.5 Å². The van der Waals surface area contributed by atoms with Gasteiger partial charge in [-0.15, -0.1) is 0 Å². The van der Waals surface area contributed by atoms with Crippen LogP contribution in [-0.4, -0.2) is 24.8 Å². The molecule has 0 bridgehead atoms. The lowest BCUT2D eigenvalue weighted by molar-refractivity contribution is 0.203. The molecule has 2 nitrogen and oxygen atoms in total. The highest BCUT2D eigenvalue weighted by Crippen LogP contribution is 2.23. The Bertz CT molecular complexity index is 304. The summed E-state index contributed by atoms with van der Waals surface area (Å²) >= 11 is 5.81. The summed E-state index contributed by atoms with van der Waals surface area (Å²) in [5.74, 6) is 0.480. The predicted molar refractivity (Wildman–Crippen MR) is 62.3 cm³/mol. The number of aliphatic hydroxyl groups excluding tert-OH is 1. The van der Waals surface area contributed by atoms with Gasteiger partial charge in [0.05, 0.1) is 0 Å². The maximum absolute atomic E-state index is 9.04. The molecular weight excluding hydrogens is 210 g/mol. The van der Waals surface area contributed by atoms with E-state index in [0.29, 0.717) is 12.5 Å². The SMILES string of the molecule is OCC1CCN(c2[c]cc(Cl)cc2)CC1. The second kappa shape index (κ2) is 4.86. The van der Waals surface area contributed by atoms with Crippen molar-refractivity contribution in [3.05, 3.63) is 29.3 Å². The molecule has 1 N–H and O–H groups in total. The first kappa shape index (κ1) is 10.8. The number of aliphatic hydroxyl groups is 1. The standard InChI is InChI=1S/C12H15ClNO/c13-11-1-3-12(4-2-11)14-7-5-10(9-15)6-8-14/h1-3,10,15H,5-9H2. The fourth-order valence-corrected chi connectivity index (χ4v) is 2.07. The van der Waals surface area contributed by atoms with Gasteiger partial charge < -0.3 is 10.0 Å². The van der Waals surface area contributed by atoms with Crippen LogP contribution in [0.5, 0.6) is 0 Å². The number of halogens is 1. The molecule has 0 saturated carbocycles. The molecule has 1 aliphatic heterocycles. The first-order chi connectivity index (χ1) is 7.29. The quantitative estimate of drug-likeness (QED) is 0.834. The number of rotatable bonds is 2. The third-order valence-electron chi connectivity index (χ3n) is 2.97. The molecule has 0 unspecified atom stereocenters. The van der Waals surface area contributed by atoms with Crippen LogP contribution in [-0.2, 0) is 0 Å².